The van der Waals surface area contributed by atoms with Crippen LogP contribution in [0.3, 0.4) is 0 Å². The van der Waals surface area contributed by atoms with Gasteiger partial charge in [-0.3, -0.25) is 14.4 Å². The van der Waals surface area contributed by atoms with Crippen LogP contribution in [0.25, 0.3) is 0 Å². The van der Waals surface area contributed by atoms with E-state index in [0.29, 0.717) is 19.4 Å². The quantitative estimate of drug-likeness (QED) is 0.737. The van der Waals surface area contributed by atoms with Crippen molar-refractivity contribution >= 4 is 40.9 Å². The number of hydrogen-bond donors (Lipinski definition) is 3. The molecule has 1 aliphatic rings. The predicted molar refractivity (Wildman–Crippen MR) is 89.0 cm³/mol. The lowest BCUT2D eigenvalue weighted by Crippen LogP contribution is -2.51. The largest absolute Gasteiger partial charge is 0.505 e. The van der Waals surface area contributed by atoms with Gasteiger partial charge in [0.1, 0.15) is 12.1 Å². The van der Waals surface area contributed by atoms with E-state index in [1.54, 1.807) is 0 Å². The fourth-order valence-electron chi connectivity index (χ4n) is 2.61. The Bertz CT molecular complexity index is 672. The molecule has 0 saturated carbocycles. The zero-order valence-electron chi connectivity index (χ0n) is 12.9. The van der Waals surface area contributed by atoms with E-state index >= 15 is 0 Å². The fourth-order valence-corrected chi connectivity index (χ4v) is 3.10. The van der Waals surface area contributed by atoms with Crippen molar-refractivity contribution in [3.05, 3.63) is 27.7 Å². The van der Waals surface area contributed by atoms with E-state index in [0.717, 1.165) is 0 Å². The van der Waals surface area contributed by atoms with Gasteiger partial charge in [0.15, 0.2) is 5.75 Å². The Morgan fingerprint density at radius 3 is 2.46 bits per heavy atom. The standard InChI is InChI=1S/C15H17Cl2N3O4/c1-7(15(24)20-4-2-3-11(20)13(18)22)19-14(23)8-5-9(16)12(21)10(17)6-8/h5-7,11,21H,2-4H2,1H3,(H2,18,22)(H,19,23). The van der Waals surface area contributed by atoms with Crippen LogP contribution in [-0.2, 0) is 9.59 Å². The summed E-state index contributed by atoms with van der Waals surface area (Å²) in [6.07, 6.45) is 1.20. The van der Waals surface area contributed by atoms with Crippen molar-refractivity contribution in [3.63, 3.8) is 0 Å². The number of primary amides is 1. The van der Waals surface area contributed by atoms with Gasteiger partial charge in [0, 0.05) is 12.1 Å². The van der Waals surface area contributed by atoms with Crippen LogP contribution in [0.5, 0.6) is 5.75 Å². The SMILES string of the molecule is CC(NC(=O)c1cc(Cl)c(O)c(Cl)c1)C(=O)N1CCCC1C(N)=O. The minimum absolute atomic E-state index is 0.0695. The highest BCUT2D eigenvalue weighted by Gasteiger charge is 2.35. The number of rotatable bonds is 4. The van der Waals surface area contributed by atoms with Crippen LogP contribution in [0.15, 0.2) is 12.1 Å². The highest BCUT2D eigenvalue weighted by Crippen LogP contribution is 2.32. The van der Waals surface area contributed by atoms with E-state index in [4.69, 9.17) is 28.9 Å². The van der Waals surface area contributed by atoms with Crippen LogP contribution >= 0.6 is 23.2 Å². The number of nitrogens with two attached hydrogens (primary N) is 1. The average Bonchev–Trinajstić information content (AvgIpc) is 3.00. The molecule has 1 aliphatic heterocycles. The molecule has 0 spiro atoms. The highest BCUT2D eigenvalue weighted by molar-refractivity contribution is 6.37. The zero-order valence-corrected chi connectivity index (χ0v) is 14.4. The van der Waals surface area contributed by atoms with E-state index < -0.39 is 23.9 Å². The van der Waals surface area contributed by atoms with Gasteiger partial charge in [-0.05, 0) is 31.9 Å². The number of aromatic hydroxyl groups is 1. The Kier molecular flexibility index (Phi) is 5.56. The molecule has 0 aromatic heterocycles. The number of phenolic OH excluding ortho intramolecular Hbond substituents is 1. The lowest BCUT2D eigenvalue weighted by atomic mass is 10.1. The van der Waals surface area contributed by atoms with Crippen molar-refractivity contribution in [2.75, 3.05) is 6.54 Å². The molecule has 0 aliphatic carbocycles. The number of amides is 3. The number of benzene rings is 1. The molecular weight excluding hydrogens is 357 g/mol. The predicted octanol–water partition coefficient (Wildman–Crippen LogP) is 1.29. The van der Waals surface area contributed by atoms with Gasteiger partial charge in [-0.2, -0.15) is 0 Å². The molecule has 1 aromatic carbocycles. The summed E-state index contributed by atoms with van der Waals surface area (Å²) in [5.74, 6) is -1.84. The molecule has 24 heavy (non-hydrogen) atoms. The number of likely N-dealkylation sites (tertiary alicyclic amines) is 1. The molecule has 3 amide bonds. The topological polar surface area (TPSA) is 113 Å². The van der Waals surface area contributed by atoms with E-state index in [2.05, 4.69) is 5.32 Å². The first-order valence-electron chi connectivity index (χ1n) is 7.31. The maximum Gasteiger partial charge on any atom is 0.252 e. The molecule has 9 heteroatoms. The summed E-state index contributed by atoms with van der Waals surface area (Å²) >= 11 is 11.6. The van der Waals surface area contributed by atoms with Crippen molar-refractivity contribution in [2.24, 2.45) is 5.73 Å². The highest BCUT2D eigenvalue weighted by atomic mass is 35.5. The maximum absolute atomic E-state index is 12.4. The average molecular weight is 374 g/mol. The summed E-state index contributed by atoms with van der Waals surface area (Å²) in [6, 6.07) is 0.993. The number of carbonyl (C=O) groups is 3. The maximum atomic E-state index is 12.4. The van der Waals surface area contributed by atoms with E-state index in [1.807, 2.05) is 0 Å². The van der Waals surface area contributed by atoms with Crippen molar-refractivity contribution < 1.29 is 19.5 Å². The smallest absolute Gasteiger partial charge is 0.252 e. The molecule has 1 saturated heterocycles. The lowest BCUT2D eigenvalue weighted by Gasteiger charge is -2.26. The van der Waals surface area contributed by atoms with Crippen LogP contribution in [0.1, 0.15) is 30.1 Å². The van der Waals surface area contributed by atoms with Crippen molar-refractivity contribution in [2.45, 2.75) is 31.8 Å². The summed E-state index contributed by atoms with van der Waals surface area (Å²) < 4.78 is 0. The summed E-state index contributed by atoms with van der Waals surface area (Å²) in [4.78, 5) is 37.4. The van der Waals surface area contributed by atoms with Crippen LogP contribution < -0.4 is 11.1 Å². The lowest BCUT2D eigenvalue weighted by molar-refractivity contribution is -0.138. The molecule has 0 radical (unpaired) electrons. The van der Waals surface area contributed by atoms with Gasteiger partial charge in [0.25, 0.3) is 5.91 Å². The number of nitrogens with one attached hydrogen (secondary N) is 1. The molecule has 2 rings (SSSR count). The first-order chi connectivity index (χ1) is 11.2. The molecule has 7 nitrogen and oxygen atoms in total. The molecule has 2 atom stereocenters. The Hall–Kier alpha value is -1.99. The van der Waals surface area contributed by atoms with Gasteiger partial charge in [-0.15, -0.1) is 0 Å². The number of nitrogens with zero attached hydrogens (tertiary/aromatic N) is 1. The summed E-state index contributed by atoms with van der Waals surface area (Å²) in [7, 11) is 0. The van der Waals surface area contributed by atoms with Crippen molar-refractivity contribution in [1.29, 1.82) is 0 Å². The van der Waals surface area contributed by atoms with Crippen LogP contribution in [0, 0.1) is 0 Å². The fraction of sp³-hybridized carbons (Fsp3) is 0.400. The minimum atomic E-state index is -0.858. The third kappa shape index (κ3) is 3.73. The normalized spacial score (nSPS) is 18.3. The second kappa shape index (κ2) is 7.27. The van der Waals surface area contributed by atoms with Gasteiger partial charge in [0.05, 0.1) is 10.0 Å². The summed E-state index contributed by atoms with van der Waals surface area (Å²) in [6.45, 7) is 1.93. The second-order valence-corrected chi connectivity index (χ2v) is 6.39. The van der Waals surface area contributed by atoms with E-state index in [9.17, 15) is 19.5 Å². The second-order valence-electron chi connectivity index (χ2n) is 5.58. The number of hydrogen-bond acceptors (Lipinski definition) is 4. The number of phenols is 1. The number of carbonyl (C=O) groups excluding carboxylic acids is 3. The molecule has 4 N–H and O–H groups in total. The minimum Gasteiger partial charge on any atom is -0.505 e. The van der Waals surface area contributed by atoms with Crippen LogP contribution in [0.4, 0.5) is 0 Å². The Morgan fingerprint density at radius 1 is 1.33 bits per heavy atom. The third-order valence-corrected chi connectivity index (χ3v) is 4.44. The Balaban J connectivity index is 2.08. The zero-order chi connectivity index (χ0) is 18.0. The molecule has 1 heterocycles. The van der Waals surface area contributed by atoms with Crippen molar-refractivity contribution in [1.82, 2.24) is 10.2 Å². The van der Waals surface area contributed by atoms with Gasteiger partial charge >= 0.3 is 0 Å². The molecule has 1 fully saturated rings. The molecule has 2 unspecified atom stereocenters. The van der Waals surface area contributed by atoms with Crippen LogP contribution in [0.2, 0.25) is 10.0 Å². The molecule has 130 valence electrons. The third-order valence-electron chi connectivity index (χ3n) is 3.86. The first-order valence-corrected chi connectivity index (χ1v) is 8.06. The monoisotopic (exact) mass is 373 g/mol. The van der Waals surface area contributed by atoms with Gasteiger partial charge in [0.2, 0.25) is 11.8 Å². The van der Waals surface area contributed by atoms with Gasteiger partial charge in [-0.25, -0.2) is 0 Å². The molecular formula is C15H17Cl2N3O4. The van der Waals surface area contributed by atoms with Gasteiger partial charge < -0.3 is 21.1 Å². The number of halogens is 2. The van der Waals surface area contributed by atoms with Gasteiger partial charge in [-0.1, -0.05) is 23.2 Å². The summed E-state index contributed by atoms with van der Waals surface area (Å²) in [5.41, 5.74) is 5.40. The Morgan fingerprint density at radius 2 is 1.92 bits per heavy atom. The molecule has 1 aromatic rings. The summed E-state index contributed by atoms with van der Waals surface area (Å²) in [5, 5.41) is 11.9. The first kappa shape index (κ1) is 18.4. The Labute approximate surface area is 148 Å². The van der Waals surface area contributed by atoms with Crippen molar-refractivity contribution in [3.8, 4) is 5.75 Å². The van der Waals surface area contributed by atoms with Crippen LogP contribution in [-0.4, -0.2) is 46.4 Å². The van der Waals surface area contributed by atoms with E-state index in [-0.39, 0.29) is 27.3 Å². The van der Waals surface area contributed by atoms with E-state index in [1.165, 1.54) is 24.0 Å². The molecule has 0 bridgehead atoms.